The van der Waals surface area contributed by atoms with Crippen molar-refractivity contribution in [3.8, 4) is 0 Å². The third kappa shape index (κ3) is 2.87. The van der Waals surface area contributed by atoms with Crippen LogP contribution in [0.4, 0.5) is 6.01 Å². The molecule has 0 spiro atoms. The van der Waals surface area contributed by atoms with Crippen molar-refractivity contribution in [3.05, 3.63) is 29.2 Å². The summed E-state index contributed by atoms with van der Waals surface area (Å²) in [7, 11) is -0.455. The van der Waals surface area contributed by atoms with Gasteiger partial charge >= 0.3 is 7.12 Å². The molecule has 0 saturated carbocycles. The average molecular weight is 315 g/mol. The SMILES string of the molecule is CC1(C)OB(C(=Cc2ccc3oc(N)nc3c2)CN)OC1(C)C. The first-order valence-electron chi connectivity index (χ1n) is 7.64. The molecule has 1 aromatic heterocycles. The van der Waals surface area contributed by atoms with Crippen LogP contribution < -0.4 is 11.5 Å². The summed E-state index contributed by atoms with van der Waals surface area (Å²) >= 11 is 0. The number of oxazole rings is 1. The van der Waals surface area contributed by atoms with E-state index in [0.717, 1.165) is 11.0 Å². The van der Waals surface area contributed by atoms with Crippen molar-refractivity contribution < 1.29 is 13.7 Å². The molecule has 0 unspecified atom stereocenters. The van der Waals surface area contributed by atoms with E-state index in [4.69, 9.17) is 25.2 Å². The molecule has 4 N–H and O–H groups in total. The predicted octanol–water partition coefficient (Wildman–Crippen LogP) is 2.38. The Morgan fingerprint density at radius 2 is 1.87 bits per heavy atom. The molecule has 1 fully saturated rings. The molecule has 0 atom stereocenters. The molecule has 1 aromatic carbocycles. The molecule has 3 rings (SSSR count). The maximum atomic E-state index is 6.06. The van der Waals surface area contributed by atoms with E-state index in [1.165, 1.54) is 0 Å². The summed E-state index contributed by atoms with van der Waals surface area (Å²) < 4.78 is 17.4. The van der Waals surface area contributed by atoms with Crippen LogP contribution in [0.5, 0.6) is 0 Å². The Kier molecular flexibility index (Phi) is 3.75. The van der Waals surface area contributed by atoms with Crippen LogP contribution in [0.2, 0.25) is 0 Å². The zero-order valence-corrected chi connectivity index (χ0v) is 13.9. The van der Waals surface area contributed by atoms with E-state index >= 15 is 0 Å². The molecule has 1 aliphatic rings. The fraction of sp³-hybridized carbons (Fsp3) is 0.438. The number of rotatable bonds is 3. The number of benzene rings is 1. The summed E-state index contributed by atoms with van der Waals surface area (Å²) in [6.45, 7) is 8.42. The van der Waals surface area contributed by atoms with Crippen LogP contribution in [0.1, 0.15) is 33.3 Å². The van der Waals surface area contributed by atoms with Crippen molar-refractivity contribution in [1.82, 2.24) is 4.98 Å². The second kappa shape index (κ2) is 5.37. The van der Waals surface area contributed by atoms with Gasteiger partial charge < -0.3 is 25.2 Å². The number of nitrogens with zero attached hydrogens (tertiary/aromatic N) is 1. The summed E-state index contributed by atoms with van der Waals surface area (Å²) in [4.78, 5) is 4.14. The lowest BCUT2D eigenvalue weighted by molar-refractivity contribution is 0.00578. The van der Waals surface area contributed by atoms with Crippen molar-refractivity contribution in [2.24, 2.45) is 5.73 Å². The molecule has 122 valence electrons. The van der Waals surface area contributed by atoms with E-state index in [-0.39, 0.29) is 6.01 Å². The maximum absolute atomic E-state index is 6.06. The summed E-state index contributed by atoms with van der Waals surface area (Å²) in [6.07, 6.45) is 1.96. The third-order valence-electron chi connectivity index (χ3n) is 4.57. The van der Waals surface area contributed by atoms with Crippen LogP contribution in [0, 0.1) is 0 Å². The van der Waals surface area contributed by atoms with E-state index in [2.05, 4.69) is 4.98 Å². The van der Waals surface area contributed by atoms with Gasteiger partial charge in [-0.25, -0.2) is 0 Å². The molecule has 0 radical (unpaired) electrons. The molecular weight excluding hydrogens is 293 g/mol. The number of aromatic nitrogens is 1. The second-order valence-corrected chi connectivity index (χ2v) is 6.79. The Morgan fingerprint density at radius 1 is 1.22 bits per heavy atom. The molecule has 1 saturated heterocycles. The Morgan fingerprint density at radius 3 is 2.48 bits per heavy atom. The van der Waals surface area contributed by atoms with Gasteiger partial charge in [0.05, 0.1) is 11.2 Å². The molecule has 2 aromatic rings. The molecule has 2 heterocycles. The van der Waals surface area contributed by atoms with Crippen molar-refractivity contribution >= 4 is 30.3 Å². The Hall–Kier alpha value is -1.83. The molecule has 7 heteroatoms. The van der Waals surface area contributed by atoms with E-state index in [9.17, 15) is 0 Å². The van der Waals surface area contributed by atoms with Gasteiger partial charge in [-0.05, 0) is 50.9 Å². The van der Waals surface area contributed by atoms with E-state index in [0.29, 0.717) is 17.6 Å². The standard InChI is InChI=1S/C16H22BN3O3/c1-15(2)16(3,4)23-17(22-15)11(9-18)7-10-5-6-13-12(8-10)20-14(19)21-13/h5-8H,9,18H2,1-4H3,(H2,19,20). The van der Waals surface area contributed by atoms with Gasteiger partial charge in [0.1, 0.15) is 5.52 Å². The number of hydrogen-bond acceptors (Lipinski definition) is 6. The monoisotopic (exact) mass is 315 g/mol. The van der Waals surface area contributed by atoms with Crippen molar-refractivity contribution in [2.75, 3.05) is 12.3 Å². The minimum Gasteiger partial charge on any atom is -0.424 e. The quantitative estimate of drug-likeness (QED) is 0.844. The van der Waals surface area contributed by atoms with Crippen molar-refractivity contribution in [3.63, 3.8) is 0 Å². The van der Waals surface area contributed by atoms with Crippen molar-refractivity contribution in [1.29, 1.82) is 0 Å². The van der Waals surface area contributed by atoms with E-state index in [1.54, 1.807) is 0 Å². The normalized spacial score (nSPS) is 20.4. The number of anilines is 1. The van der Waals surface area contributed by atoms with E-state index in [1.807, 2.05) is 52.0 Å². The lowest BCUT2D eigenvalue weighted by atomic mass is 9.77. The Balaban J connectivity index is 1.92. The summed E-state index contributed by atoms with van der Waals surface area (Å²) in [5, 5.41) is 0. The largest absolute Gasteiger partial charge is 0.491 e. The number of fused-ring (bicyclic) bond motifs is 1. The number of nitrogens with two attached hydrogens (primary N) is 2. The number of hydrogen-bond donors (Lipinski definition) is 2. The first-order chi connectivity index (χ1) is 10.7. The van der Waals surface area contributed by atoms with Gasteiger partial charge in [-0.3, -0.25) is 0 Å². The molecule has 0 amide bonds. The summed E-state index contributed by atoms with van der Waals surface area (Å²) in [6, 6.07) is 5.82. The van der Waals surface area contributed by atoms with Crippen LogP contribution >= 0.6 is 0 Å². The topological polar surface area (TPSA) is 96.5 Å². The van der Waals surface area contributed by atoms with Gasteiger partial charge in [0.2, 0.25) is 0 Å². The second-order valence-electron chi connectivity index (χ2n) is 6.79. The Bertz CT molecular complexity index is 751. The van der Waals surface area contributed by atoms with Crippen LogP contribution in [0.25, 0.3) is 17.2 Å². The molecule has 6 nitrogen and oxygen atoms in total. The van der Waals surface area contributed by atoms with Gasteiger partial charge in [-0.15, -0.1) is 0 Å². The molecule has 0 bridgehead atoms. The molecule has 0 aliphatic carbocycles. The van der Waals surface area contributed by atoms with Gasteiger partial charge in [0.15, 0.2) is 5.58 Å². The smallest absolute Gasteiger partial charge is 0.424 e. The first-order valence-corrected chi connectivity index (χ1v) is 7.64. The zero-order valence-electron chi connectivity index (χ0n) is 13.9. The van der Waals surface area contributed by atoms with Gasteiger partial charge in [-0.1, -0.05) is 12.1 Å². The number of nitrogen functional groups attached to an aromatic ring is 1. The van der Waals surface area contributed by atoms with Gasteiger partial charge in [0, 0.05) is 6.54 Å². The lowest BCUT2D eigenvalue weighted by Crippen LogP contribution is -2.41. The van der Waals surface area contributed by atoms with Crippen LogP contribution in [0.15, 0.2) is 28.1 Å². The third-order valence-corrected chi connectivity index (χ3v) is 4.57. The fourth-order valence-corrected chi connectivity index (χ4v) is 2.48. The lowest BCUT2D eigenvalue weighted by Gasteiger charge is -2.32. The van der Waals surface area contributed by atoms with Gasteiger partial charge in [0.25, 0.3) is 6.01 Å². The summed E-state index contributed by atoms with van der Waals surface area (Å²) in [5.41, 5.74) is 13.9. The minimum absolute atomic E-state index is 0.158. The molecular formula is C16H22BN3O3. The van der Waals surface area contributed by atoms with Crippen LogP contribution in [-0.2, 0) is 9.31 Å². The highest BCUT2D eigenvalue weighted by Gasteiger charge is 2.52. The molecule has 1 aliphatic heterocycles. The highest BCUT2D eigenvalue weighted by molar-refractivity contribution is 6.55. The molecule has 23 heavy (non-hydrogen) atoms. The summed E-state index contributed by atoms with van der Waals surface area (Å²) in [5.74, 6) is 0. The highest BCUT2D eigenvalue weighted by atomic mass is 16.7. The van der Waals surface area contributed by atoms with Crippen molar-refractivity contribution in [2.45, 2.75) is 38.9 Å². The van der Waals surface area contributed by atoms with E-state index < -0.39 is 18.3 Å². The zero-order chi connectivity index (χ0) is 16.8. The Labute approximate surface area is 136 Å². The average Bonchev–Trinajstić information content (AvgIpc) is 2.91. The minimum atomic E-state index is -0.455. The van der Waals surface area contributed by atoms with Gasteiger partial charge in [-0.2, -0.15) is 4.98 Å². The van der Waals surface area contributed by atoms with Crippen LogP contribution in [-0.4, -0.2) is 29.8 Å². The maximum Gasteiger partial charge on any atom is 0.491 e. The highest BCUT2D eigenvalue weighted by Crippen LogP contribution is 2.38. The first kappa shape index (κ1) is 16.0. The fourth-order valence-electron chi connectivity index (χ4n) is 2.48. The predicted molar refractivity (Wildman–Crippen MR) is 91.5 cm³/mol. The van der Waals surface area contributed by atoms with Crippen LogP contribution in [0.3, 0.4) is 0 Å².